The van der Waals surface area contributed by atoms with Gasteiger partial charge in [0.15, 0.2) is 5.65 Å². The molecule has 3 heterocycles. The van der Waals surface area contributed by atoms with Crippen LogP contribution in [0.5, 0.6) is 0 Å². The average Bonchev–Trinajstić information content (AvgIpc) is 2.98. The third-order valence-electron chi connectivity index (χ3n) is 4.23. The number of hydrogen-bond donors (Lipinski definition) is 3. The summed E-state index contributed by atoms with van der Waals surface area (Å²) in [6, 6.07) is 7.96. The van der Waals surface area contributed by atoms with E-state index in [9.17, 15) is 5.11 Å². The molecule has 0 radical (unpaired) electrons. The molecule has 24 heavy (non-hydrogen) atoms. The van der Waals surface area contributed by atoms with Crippen LogP contribution in [0.4, 0.5) is 0 Å². The molecule has 2 aromatic heterocycles. The van der Waals surface area contributed by atoms with Gasteiger partial charge < -0.3 is 19.7 Å². The van der Waals surface area contributed by atoms with Crippen molar-refractivity contribution in [2.75, 3.05) is 38.6 Å². The fourth-order valence-corrected chi connectivity index (χ4v) is 3.71. The Morgan fingerprint density at radius 2 is 2.08 bits per heavy atom. The highest BCUT2D eigenvalue weighted by Gasteiger charge is 2.19. The van der Waals surface area contributed by atoms with Crippen LogP contribution in [0.2, 0.25) is 0 Å². The summed E-state index contributed by atoms with van der Waals surface area (Å²) in [7, 11) is 0. The lowest BCUT2D eigenvalue weighted by atomic mass is 10.2. The minimum absolute atomic E-state index is 0.384. The Balaban J connectivity index is 1.41. The number of aliphatic hydroxyl groups excluding tert-OH is 1. The maximum atomic E-state index is 10.2. The van der Waals surface area contributed by atoms with Gasteiger partial charge in [-0.3, -0.25) is 0 Å². The van der Waals surface area contributed by atoms with E-state index in [1.165, 1.54) is 16.7 Å². The van der Waals surface area contributed by atoms with Gasteiger partial charge in [-0.1, -0.05) is 30.0 Å². The molecule has 1 aliphatic heterocycles. The number of quaternary nitrogens is 1. The maximum Gasteiger partial charge on any atom is 0.211 e. The quantitative estimate of drug-likeness (QED) is 0.558. The standard InChI is InChI=1S/C16H19N5O2S/c22-11(9-21-5-7-23-8-6-21)10-24-16-18-15-14(19-20-16)12-3-1-2-4-13(12)17-15/h1-4,11,22H,5-10H2,(H,17,18,20)/p+1/t11-/m1/s1. The van der Waals surface area contributed by atoms with E-state index in [2.05, 4.69) is 20.2 Å². The van der Waals surface area contributed by atoms with E-state index in [1.807, 2.05) is 24.3 Å². The van der Waals surface area contributed by atoms with Crippen molar-refractivity contribution in [1.82, 2.24) is 20.2 Å². The zero-order valence-corrected chi connectivity index (χ0v) is 14.1. The second-order valence-electron chi connectivity index (χ2n) is 5.99. The summed E-state index contributed by atoms with van der Waals surface area (Å²) in [5.41, 5.74) is 2.53. The molecule has 4 rings (SSSR count). The Bertz CT molecular complexity index is 834. The SMILES string of the molecule is O[C@@H](CSc1nnc2c(n1)[nH]c1ccccc12)C[NH+]1CCOCC1. The first kappa shape index (κ1) is 15.8. The number of thioether (sulfide) groups is 1. The largest absolute Gasteiger partial charge is 0.386 e. The number of fused-ring (bicyclic) bond motifs is 3. The zero-order chi connectivity index (χ0) is 16.4. The molecule has 0 bridgehead atoms. The lowest BCUT2D eigenvalue weighted by Gasteiger charge is -2.25. The van der Waals surface area contributed by atoms with Crippen molar-refractivity contribution in [3.63, 3.8) is 0 Å². The van der Waals surface area contributed by atoms with Crippen molar-refractivity contribution in [2.45, 2.75) is 11.3 Å². The van der Waals surface area contributed by atoms with Gasteiger partial charge in [0.25, 0.3) is 0 Å². The molecule has 1 saturated heterocycles. The Labute approximate surface area is 143 Å². The van der Waals surface area contributed by atoms with Crippen LogP contribution in [-0.4, -0.2) is 70.0 Å². The molecule has 0 spiro atoms. The topological polar surface area (TPSA) is 88.4 Å². The zero-order valence-electron chi connectivity index (χ0n) is 13.2. The number of hydrogen-bond acceptors (Lipinski definition) is 6. The summed E-state index contributed by atoms with van der Waals surface area (Å²) in [5.74, 6) is 0.567. The fraction of sp³-hybridized carbons (Fsp3) is 0.438. The third-order valence-corrected chi connectivity index (χ3v) is 5.21. The van der Waals surface area contributed by atoms with Crippen LogP contribution in [0.25, 0.3) is 22.1 Å². The number of nitrogens with zero attached hydrogens (tertiary/aromatic N) is 3. The highest BCUT2D eigenvalue weighted by molar-refractivity contribution is 7.99. The number of benzene rings is 1. The maximum absolute atomic E-state index is 10.2. The van der Waals surface area contributed by atoms with Crippen LogP contribution in [-0.2, 0) is 4.74 Å². The second kappa shape index (κ2) is 7.02. The summed E-state index contributed by atoms with van der Waals surface area (Å²) >= 11 is 1.44. The Hall–Kier alpha value is -1.74. The molecule has 3 N–H and O–H groups in total. The fourth-order valence-electron chi connectivity index (χ4n) is 2.99. The van der Waals surface area contributed by atoms with Crippen LogP contribution < -0.4 is 4.90 Å². The molecular formula is C16H20N5O2S+. The number of H-pyrrole nitrogens is 1. The van der Waals surface area contributed by atoms with Gasteiger partial charge in [0.1, 0.15) is 31.3 Å². The number of aromatic nitrogens is 4. The van der Waals surface area contributed by atoms with Crippen molar-refractivity contribution in [2.24, 2.45) is 0 Å². The molecule has 0 amide bonds. The molecule has 1 aliphatic rings. The summed E-state index contributed by atoms with van der Waals surface area (Å²) in [6.45, 7) is 4.21. The molecule has 0 saturated carbocycles. The number of nitrogens with one attached hydrogen (secondary N) is 2. The van der Waals surface area contributed by atoms with E-state index in [4.69, 9.17) is 4.74 Å². The van der Waals surface area contributed by atoms with Crippen molar-refractivity contribution in [3.05, 3.63) is 24.3 Å². The lowest BCUT2D eigenvalue weighted by molar-refractivity contribution is -0.910. The first-order valence-electron chi connectivity index (χ1n) is 8.13. The van der Waals surface area contributed by atoms with Gasteiger partial charge >= 0.3 is 0 Å². The van der Waals surface area contributed by atoms with Crippen LogP contribution in [0.1, 0.15) is 0 Å². The predicted octanol–water partition coefficient (Wildman–Crippen LogP) is -0.126. The van der Waals surface area contributed by atoms with Crippen molar-refractivity contribution in [1.29, 1.82) is 0 Å². The van der Waals surface area contributed by atoms with Gasteiger partial charge in [-0.15, -0.1) is 10.2 Å². The number of para-hydroxylation sites is 1. The smallest absolute Gasteiger partial charge is 0.211 e. The third kappa shape index (κ3) is 3.36. The van der Waals surface area contributed by atoms with Gasteiger partial charge in [-0.05, 0) is 6.07 Å². The van der Waals surface area contributed by atoms with E-state index in [0.717, 1.165) is 54.9 Å². The number of aliphatic hydroxyl groups is 1. The number of rotatable bonds is 5. The highest BCUT2D eigenvalue weighted by atomic mass is 32.2. The average molecular weight is 346 g/mol. The molecular weight excluding hydrogens is 326 g/mol. The molecule has 7 nitrogen and oxygen atoms in total. The van der Waals surface area contributed by atoms with E-state index in [1.54, 1.807) is 0 Å². The van der Waals surface area contributed by atoms with Gasteiger partial charge in [0.05, 0.1) is 13.2 Å². The van der Waals surface area contributed by atoms with Crippen LogP contribution in [0.3, 0.4) is 0 Å². The summed E-state index contributed by atoms with van der Waals surface area (Å²) in [4.78, 5) is 9.18. The van der Waals surface area contributed by atoms with Gasteiger partial charge in [0.2, 0.25) is 5.16 Å². The van der Waals surface area contributed by atoms with Gasteiger partial charge in [-0.2, -0.15) is 0 Å². The minimum atomic E-state index is -0.384. The normalized spacial score (nSPS) is 17.5. The summed E-state index contributed by atoms with van der Waals surface area (Å²) in [6.07, 6.45) is -0.384. The van der Waals surface area contributed by atoms with E-state index < -0.39 is 0 Å². The molecule has 3 aromatic rings. The molecule has 1 atom stereocenters. The van der Waals surface area contributed by atoms with Crippen LogP contribution in [0.15, 0.2) is 29.4 Å². The number of aromatic amines is 1. The highest BCUT2D eigenvalue weighted by Crippen LogP contribution is 2.23. The Morgan fingerprint density at radius 1 is 1.25 bits per heavy atom. The first-order valence-corrected chi connectivity index (χ1v) is 9.11. The summed E-state index contributed by atoms with van der Waals surface area (Å²) < 4.78 is 5.34. The Kier molecular flexibility index (Phi) is 4.61. The molecule has 0 aliphatic carbocycles. The van der Waals surface area contributed by atoms with Crippen molar-refractivity contribution in [3.8, 4) is 0 Å². The van der Waals surface area contributed by atoms with E-state index in [0.29, 0.717) is 10.9 Å². The minimum Gasteiger partial charge on any atom is -0.386 e. The molecule has 126 valence electrons. The molecule has 8 heteroatoms. The predicted molar refractivity (Wildman–Crippen MR) is 92.3 cm³/mol. The first-order chi connectivity index (χ1) is 11.8. The number of ether oxygens (including phenoxy) is 1. The van der Waals surface area contributed by atoms with Gasteiger partial charge in [-0.25, -0.2) is 4.98 Å². The van der Waals surface area contributed by atoms with E-state index >= 15 is 0 Å². The summed E-state index contributed by atoms with van der Waals surface area (Å²) in [5, 5.41) is 20.3. The molecule has 0 unspecified atom stereocenters. The second-order valence-corrected chi connectivity index (χ2v) is 6.98. The van der Waals surface area contributed by atoms with Crippen LogP contribution in [0, 0.1) is 0 Å². The van der Waals surface area contributed by atoms with Crippen molar-refractivity contribution >= 4 is 33.8 Å². The molecule has 1 aromatic carbocycles. The Morgan fingerprint density at radius 3 is 2.96 bits per heavy atom. The van der Waals surface area contributed by atoms with Crippen LogP contribution >= 0.6 is 11.8 Å². The monoisotopic (exact) mass is 346 g/mol. The lowest BCUT2D eigenvalue weighted by Crippen LogP contribution is -3.15. The van der Waals surface area contributed by atoms with Gasteiger partial charge in [0, 0.05) is 16.7 Å². The van der Waals surface area contributed by atoms with E-state index in [-0.39, 0.29) is 6.10 Å². The van der Waals surface area contributed by atoms with Crippen molar-refractivity contribution < 1.29 is 14.7 Å². The number of morpholine rings is 1. The molecule has 1 fully saturated rings.